The van der Waals surface area contributed by atoms with Crippen LogP contribution in [0.5, 0.6) is 0 Å². The first-order valence-corrected chi connectivity index (χ1v) is 8.04. The molecule has 1 aromatic heterocycles. The molecule has 1 amide bonds. The van der Waals surface area contributed by atoms with Crippen molar-refractivity contribution in [3.8, 4) is 0 Å². The highest BCUT2D eigenvalue weighted by Gasteiger charge is 2.24. The minimum Gasteiger partial charge on any atom is -0.361 e. The zero-order valence-corrected chi connectivity index (χ0v) is 12.2. The highest BCUT2D eigenvalue weighted by molar-refractivity contribution is 7.85. The summed E-state index contributed by atoms with van der Waals surface area (Å²) < 4.78 is 17.0. The second-order valence-corrected chi connectivity index (χ2v) is 6.84. The van der Waals surface area contributed by atoms with Gasteiger partial charge in [0.25, 0.3) is 0 Å². The fourth-order valence-electron chi connectivity index (χ4n) is 2.26. The first kappa shape index (κ1) is 14.2. The Morgan fingerprint density at radius 2 is 2.26 bits per heavy atom. The highest BCUT2D eigenvalue weighted by Crippen LogP contribution is 2.18. The molecule has 0 saturated heterocycles. The lowest BCUT2D eigenvalue weighted by Gasteiger charge is -2.15. The van der Waals surface area contributed by atoms with Gasteiger partial charge in [-0.15, -0.1) is 0 Å². The molecule has 0 unspecified atom stereocenters. The van der Waals surface area contributed by atoms with Crippen molar-refractivity contribution in [2.24, 2.45) is 0 Å². The minimum atomic E-state index is -1.27. The van der Waals surface area contributed by atoms with Gasteiger partial charge in [-0.05, 0) is 26.7 Å². The van der Waals surface area contributed by atoms with Crippen LogP contribution in [0.4, 0.5) is 0 Å². The lowest BCUT2D eigenvalue weighted by Crippen LogP contribution is -2.40. The number of nitrogens with one attached hydrogen (secondary N) is 1. The van der Waals surface area contributed by atoms with E-state index in [0.717, 1.165) is 12.8 Å². The number of carbonyl (C=O) groups excluding carboxylic acids is 1. The van der Waals surface area contributed by atoms with E-state index in [0.29, 0.717) is 11.5 Å². The van der Waals surface area contributed by atoms with Crippen LogP contribution in [0.15, 0.2) is 10.6 Å². The van der Waals surface area contributed by atoms with Crippen LogP contribution in [0.3, 0.4) is 0 Å². The van der Waals surface area contributed by atoms with Gasteiger partial charge in [-0.2, -0.15) is 0 Å². The van der Waals surface area contributed by atoms with Crippen molar-refractivity contribution in [3.05, 3.63) is 17.5 Å². The molecule has 1 aromatic rings. The molecular weight excluding hydrogens is 264 g/mol. The summed E-state index contributed by atoms with van der Waals surface area (Å²) in [6, 6.07) is 2.01. The van der Waals surface area contributed by atoms with E-state index in [1.165, 1.54) is 12.8 Å². The lowest BCUT2D eigenvalue weighted by atomic mass is 10.2. The predicted molar refractivity (Wildman–Crippen MR) is 72.9 cm³/mol. The first-order valence-electron chi connectivity index (χ1n) is 6.66. The van der Waals surface area contributed by atoms with E-state index in [4.69, 9.17) is 4.52 Å². The summed E-state index contributed by atoms with van der Waals surface area (Å²) in [4.78, 5) is 12.0. The molecule has 0 aliphatic heterocycles. The number of aromatic nitrogens is 1. The second-order valence-electron chi connectivity index (χ2n) is 5.09. The number of amides is 1. The maximum Gasteiger partial charge on any atom is 0.235 e. The SMILES string of the molecule is Cc1cc(C[S@](=O)[C@H](C)C(=O)NC2CCCC2)no1. The van der Waals surface area contributed by atoms with Gasteiger partial charge in [0.2, 0.25) is 5.91 Å². The van der Waals surface area contributed by atoms with E-state index in [2.05, 4.69) is 10.5 Å². The van der Waals surface area contributed by atoms with Crippen LogP contribution in [-0.2, 0) is 21.3 Å². The Kier molecular flexibility index (Phi) is 4.74. The van der Waals surface area contributed by atoms with Crippen LogP contribution in [0.25, 0.3) is 0 Å². The van der Waals surface area contributed by atoms with Gasteiger partial charge < -0.3 is 9.84 Å². The summed E-state index contributed by atoms with van der Waals surface area (Å²) in [5, 5.41) is 6.26. The van der Waals surface area contributed by atoms with E-state index in [1.54, 1.807) is 19.9 Å². The van der Waals surface area contributed by atoms with Crippen molar-refractivity contribution in [2.45, 2.75) is 56.6 Å². The average molecular weight is 284 g/mol. The standard InChI is InChI=1S/C13H20N2O3S/c1-9-7-12(15-18-9)8-19(17)10(2)13(16)14-11-5-3-4-6-11/h7,10-11H,3-6,8H2,1-2H3,(H,14,16)/t10-,19+/m1/s1. The topological polar surface area (TPSA) is 72.2 Å². The summed E-state index contributed by atoms with van der Waals surface area (Å²) in [6.07, 6.45) is 4.41. The maximum absolute atomic E-state index is 12.1. The van der Waals surface area contributed by atoms with Gasteiger partial charge >= 0.3 is 0 Å². The van der Waals surface area contributed by atoms with Gasteiger partial charge in [0.15, 0.2) is 0 Å². The second kappa shape index (κ2) is 6.32. The Bertz CT molecular complexity index is 466. The van der Waals surface area contributed by atoms with Gasteiger partial charge in [-0.1, -0.05) is 18.0 Å². The molecule has 1 aliphatic carbocycles. The summed E-state index contributed by atoms with van der Waals surface area (Å²) in [7, 11) is -1.27. The molecule has 2 rings (SSSR count). The number of rotatable bonds is 5. The normalized spacial score (nSPS) is 19.3. The smallest absolute Gasteiger partial charge is 0.235 e. The van der Waals surface area contributed by atoms with E-state index < -0.39 is 16.0 Å². The molecule has 6 heteroatoms. The van der Waals surface area contributed by atoms with Gasteiger partial charge in [0.1, 0.15) is 11.0 Å². The molecule has 0 bridgehead atoms. The molecule has 1 aliphatic rings. The summed E-state index contributed by atoms with van der Waals surface area (Å²) in [6.45, 7) is 3.49. The molecule has 1 fully saturated rings. The summed E-state index contributed by atoms with van der Waals surface area (Å²) in [5.41, 5.74) is 0.636. The predicted octanol–water partition coefficient (Wildman–Crippen LogP) is 1.68. The number of carbonyl (C=O) groups is 1. The van der Waals surface area contributed by atoms with Crippen molar-refractivity contribution < 1.29 is 13.5 Å². The van der Waals surface area contributed by atoms with E-state index >= 15 is 0 Å². The Hall–Kier alpha value is -1.17. The third-order valence-corrected chi connectivity index (χ3v) is 5.02. The Balaban J connectivity index is 1.85. The van der Waals surface area contributed by atoms with Crippen molar-refractivity contribution >= 4 is 16.7 Å². The largest absolute Gasteiger partial charge is 0.361 e. The molecule has 106 valence electrons. The van der Waals surface area contributed by atoms with Crippen LogP contribution in [0, 0.1) is 6.92 Å². The number of hydrogen-bond acceptors (Lipinski definition) is 4. The van der Waals surface area contributed by atoms with Crippen molar-refractivity contribution in [1.82, 2.24) is 10.5 Å². The van der Waals surface area contributed by atoms with Crippen molar-refractivity contribution in [1.29, 1.82) is 0 Å². The zero-order valence-electron chi connectivity index (χ0n) is 11.3. The third kappa shape index (κ3) is 3.89. The molecule has 0 aromatic carbocycles. The molecule has 0 radical (unpaired) electrons. The van der Waals surface area contributed by atoms with E-state index in [1.807, 2.05) is 0 Å². The molecule has 1 saturated carbocycles. The molecule has 2 atom stereocenters. The molecule has 1 heterocycles. The number of aryl methyl sites for hydroxylation is 1. The lowest BCUT2D eigenvalue weighted by molar-refractivity contribution is -0.121. The number of nitrogens with zero attached hydrogens (tertiary/aromatic N) is 1. The van der Waals surface area contributed by atoms with Crippen molar-refractivity contribution in [3.63, 3.8) is 0 Å². The van der Waals surface area contributed by atoms with E-state index in [9.17, 15) is 9.00 Å². The average Bonchev–Trinajstić information content (AvgIpc) is 3.00. The number of hydrogen-bond donors (Lipinski definition) is 1. The van der Waals surface area contributed by atoms with Crippen LogP contribution in [0.1, 0.15) is 44.1 Å². The van der Waals surface area contributed by atoms with Crippen LogP contribution in [0.2, 0.25) is 0 Å². The van der Waals surface area contributed by atoms with Crippen LogP contribution in [-0.4, -0.2) is 26.6 Å². The fourth-order valence-corrected chi connectivity index (χ4v) is 3.25. The third-order valence-electron chi connectivity index (χ3n) is 3.43. The zero-order chi connectivity index (χ0) is 13.8. The monoisotopic (exact) mass is 284 g/mol. The molecule has 1 N–H and O–H groups in total. The van der Waals surface area contributed by atoms with Gasteiger partial charge in [0.05, 0.1) is 11.4 Å². The van der Waals surface area contributed by atoms with Gasteiger partial charge in [0, 0.05) is 22.9 Å². The fraction of sp³-hybridized carbons (Fsp3) is 0.692. The van der Waals surface area contributed by atoms with E-state index in [-0.39, 0.29) is 17.7 Å². The maximum atomic E-state index is 12.1. The summed E-state index contributed by atoms with van der Waals surface area (Å²) >= 11 is 0. The summed E-state index contributed by atoms with van der Waals surface area (Å²) in [5.74, 6) is 0.830. The molecular formula is C13H20N2O3S. The van der Waals surface area contributed by atoms with Crippen molar-refractivity contribution in [2.75, 3.05) is 0 Å². The van der Waals surface area contributed by atoms with Gasteiger partial charge in [-0.3, -0.25) is 9.00 Å². The Morgan fingerprint density at radius 1 is 1.58 bits per heavy atom. The van der Waals surface area contributed by atoms with Crippen LogP contribution >= 0.6 is 0 Å². The Morgan fingerprint density at radius 3 is 2.84 bits per heavy atom. The first-order chi connectivity index (χ1) is 9.06. The molecule has 19 heavy (non-hydrogen) atoms. The van der Waals surface area contributed by atoms with Crippen LogP contribution < -0.4 is 5.32 Å². The van der Waals surface area contributed by atoms with Gasteiger partial charge in [-0.25, -0.2) is 0 Å². The minimum absolute atomic E-state index is 0.120. The highest BCUT2D eigenvalue weighted by atomic mass is 32.2. The molecule has 5 nitrogen and oxygen atoms in total. The Labute approximate surface area is 115 Å². The molecule has 0 spiro atoms. The quantitative estimate of drug-likeness (QED) is 0.893.